The first-order valence-electron chi connectivity index (χ1n) is 9.36. The van der Waals surface area contributed by atoms with E-state index in [1.165, 1.54) is 27.4 Å². The summed E-state index contributed by atoms with van der Waals surface area (Å²) < 4.78 is 29.6. The Morgan fingerprint density at radius 1 is 1.13 bits per heavy atom. The van der Waals surface area contributed by atoms with E-state index in [0.717, 1.165) is 15.9 Å². The maximum absolute atomic E-state index is 12.9. The van der Waals surface area contributed by atoms with Gasteiger partial charge < -0.3 is 14.6 Å². The largest absolute Gasteiger partial charge is 0.477 e. The molecule has 3 aromatic rings. The van der Waals surface area contributed by atoms with E-state index in [0.29, 0.717) is 17.8 Å². The van der Waals surface area contributed by atoms with Crippen LogP contribution in [0.3, 0.4) is 0 Å². The fourth-order valence-electron chi connectivity index (χ4n) is 3.36. The smallest absolute Gasteiger partial charge is 0.352 e. The number of carbonyl (C=O) groups is 2. The second kappa shape index (κ2) is 7.78. The number of benzene rings is 2. The van der Waals surface area contributed by atoms with Crippen molar-refractivity contribution in [2.75, 3.05) is 16.7 Å². The number of aryl methyl sites for hydroxylation is 1. The molecule has 0 saturated carbocycles. The van der Waals surface area contributed by atoms with Gasteiger partial charge in [0.25, 0.3) is 15.9 Å². The number of hydrogen-bond acceptors (Lipinski definition) is 5. The van der Waals surface area contributed by atoms with Gasteiger partial charge in [0.05, 0.1) is 16.9 Å². The average molecular weight is 458 g/mol. The van der Waals surface area contributed by atoms with Crippen LogP contribution in [-0.2, 0) is 16.6 Å². The normalized spacial score (nSPS) is 13.4. The maximum atomic E-state index is 12.9. The molecule has 4 rings (SSSR count). The van der Waals surface area contributed by atoms with Crippen LogP contribution >= 0.6 is 11.8 Å². The fourth-order valence-corrected chi connectivity index (χ4v) is 5.53. The van der Waals surface area contributed by atoms with E-state index < -0.39 is 16.0 Å². The topological polar surface area (TPSA) is 109 Å². The summed E-state index contributed by atoms with van der Waals surface area (Å²) in [6.07, 6.45) is 1.29. The number of hydrogen-bond donors (Lipinski definition) is 2. The molecule has 1 amide bonds. The lowest BCUT2D eigenvalue weighted by Gasteiger charge is -2.18. The summed E-state index contributed by atoms with van der Waals surface area (Å²) in [4.78, 5) is 27.2. The summed E-state index contributed by atoms with van der Waals surface area (Å²) >= 11 is 1.44. The first-order chi connectivity index (χ1) is 14.7. The van der Waals surface area contributed by atoms with Gasteiger partial charge in [0.15, 0.2) is 0 Å². The molecule has 2 aromatic carbocycles. The van der Waals surface area contributed by atoms with E-state index in [1.807, 2.05) is 12.1 Å². The van der Waals surface area contributed by atoms with Crippen molar-refractivity contribution in [2.45, 2.75) is 28.2 Å². The third kappa shape index (κ3) is 3.79. The fraction of sp³-hybridized carbons (Fsp3) is 0.143. The highest BCUT2D eigenvalue weighted by Gasteiger charge is 2.26. The van der Waals surface area contributed by atoms with Gasteiger partial charge in [-0.15, -0.1) is 0 Å². The van der Waals surface area contributed by atoms with Gasteiger partial charge in [0.2, 0.25) is 0 Å². The molecule has 0 unspecified atom stereocenters. The molecule has 10 heteroatoms. The number of amides is 1. The van der Waals surface area contributed by atoms with Crippen LogP contribution in [0.25, 0.3) is 0 Å². The van der Waals surface area contributed by atoms with Gasteiger partial charge in [0.1, 0.15) is 10.6 Å². The standard InChI is InChI=1S/C21H19N3O5S2/c1-3-24-12-14(11-17(24)21(26)27)31(28,29)22-13-8-9-19-16(10-13)23(2)20(25)15-6-4-5-7-18(15)30-19/h4-12,22H,3H2,1-2H3,(H,26,27). The number of nitrogens with one attached hydrogen (secondary N) is 1. The monoisotopic (exact) mass is 457 g/mol. The van der Waals surface area contributed by atoms with Crippen molar-refractivity contribution in [3.05, 3.63) is 66.0 Å². The Morgan fingerprint density at radius 2 is 1.87 bits per heavy atom. The van der Waals surface area contributed by atoms with Crippen LogP contribution in [0.1, 0.15) is 27.8 Å². The Labute approximate surface area is 183 Å². The lowest BCUT2D eigenvalue weighted by Crippen LogP contribution is -2.26. The van der Waals surface area contributed by atoms with Crippen LogP contribution in [0, 0.1) is 0 Å². The van der Waals surface area contributed by atoms with Crippen molar-refractivity contribution >= 4 is 45.0 Å². The number of carboxylic acids is 1. The molecule has 2 N–H and O–H groups in total. The molecule has 1 aliphatic heterocycles. The van der Waals surface area contributed by atoms with E-state index in [4.69, 9.17) is 0 Å². The predicted molar refractivity (Wildman–Crippen MR) is 118 cm³/mol. The molecule has 1 aliphatic rings. The van der Waals surface area contributed by atoms with Gasteiger partial charge in [0, 0.05) is 29.6 Å². The van der Waals surface area contributed by atoms with Crippen molar-refractivity contribution in [3.63, 3.8) is 0 Å². The minimum atomic E-state index is -4.02. The summed E-state index contributed by atoms with van der Waals surface area (Å²) in [5.74, 6) is -1.39. The van der Waals surface area contributed by atoms with E-state index in [2.05, 4.69) is 4.72 Å². The lowest BCUT2D eigenvalue weighted by atomic mass is 10.2. The Bertz CT molecular complexity index is 1310. The molecule has 31 heavy (non-hydrogen) atoms. The Balaban J connectivity index is 1.69. The van der Waals surface area contributed by atoms with E-state index >= 15 is 0 Å². The van der Waals surface area contributed by atoms with Crippen LogP contribution in [0.15, 0.2) is 69.4 Å². The number of aromatic carboxylic acids is 1. The number of carboxylic acid groups (broad SMARTS) is 1. The molecule has 2 heterocycles. The van der Waals surface area contributed by atoms with Gasteiger partial charge in [-0.3, -0.25) is 9.52 Å². The number of sulfonamides is 1. The first-order valence-corrected chi connectivity index (χ1v) is 11.7. The number of rotatable bonds is 5. The van der Waals surface area contributed by atoms with E-state index in [1.54, 1.807) is 44.3 Å². The van der Waals surface area contributed by atoms with Crippen LogP contribution < -0.4 is 9.62 Å². The molecule has 0 fully saturated rings. The summed E-state index contributed by atoms with van der Waals surface area (Å²) in [5.41, 5.74) is 1.31. The third-order valence-electron chi connectivity index (χ3n) is 4.96. The van der Waals surface area contributed by atoms with Crippen LogP contribution in [-0.4, -0.2) is 37.0 Å². The summed E-state index contributed by atoms with van der Waals surface area (Å²) in [5, 5.41) is 9.28. The average Bonchev–Trinajstić information content (AvgIpc) is 3.16. The molecule has 0 bridgehead atoms. The molecular weight excluding hydrogens is 438 g/mol. The number of carbonyl (C=O) groups excluding carboxylic acids is 1. The number of aromatic nitrogens is 1. The second-order valence-electron chi connectivity index (χ2n) is 6.90. The minimum absolute atomic E-state index is 0.107. The van der Waals surface area contributed by atoms with Crippen LogP contribution in [0.4, 0.5) is 11.4 Å². The van der Waals surface area contributed by atoms with Gasteiger partial charge in [-0.05, 0) is 43.3 Å². The van der Waals surface area contributed by atoms with Crippen molar-refractivity contribution in [1.29, 1.82) is 0 Å². The molecule has 0 atom stereocenters. The van der Waals surface area contributed by atoms with E-state index in [9.17, 15) is 23.1 Å². The zero-order valence-electron chi connectivity index (χ0n) is 16.7. The predicted octanol–water partition coefficient (Wildman–Crippen LogP) is 3.75. The Morgan fingerprint density at radius 3 is 2.55 bits per heavy atom. The van der Waals surface area contributed by atoms with Crippen molar-refractivity contribution in [2.24, 2.45) is 0 Å². The summed E-state index contributed by atoms with van der Waals surface area (Å²) in [6, 6.07) is 13.4. The number of nitrogens with zero attached hydrogens (tertiary/aromatic N) is 2. The Kier molecular flexibility index (Phi) is 5.28. The number of anilines is 2. The van der Waals surface area contributed by atoms with Crippen LogP contribution in [0.2, 0.25) is 0 Å². The summed E-state index contributed by atoms with van der Waals surface area (Å²) in [7, 11) is -2.38. The second-order valence-corrected chi connectivity index (χ2v) is 9.67. The zero-order valence-corrected chi connectivity index (χ0v) is 18.3. The lowest BCUT2D eigenvalue weighted by molar-refractivity contribution is 0.0685. The molecule has 0 saturated heterocycles. The van der Waals surface area contributed by atoms with Gasteiger partial charge in [-0.2, -0.15) is 0 Å². The van der Waals surface area contributed by atoms with Crippen molar-refractivity contribution in [1.82, 2.24) is 4.57 Å². The molecule has 160 valence electrons. The van der Waals surface area contributed by atoms with Gasteiger partial charge in [-0.25, -0.2) is 13.2 Å². The minimum Gasteiger partial charge on any atom is -0.477 e. The highest BCUT2D eigenvalue weighted by Crippen LogP contribution is 2.42. The molecule has 0 radical (unpaired) electrons. The third-order valence-corrected chi connectivity index (χ3v) is 7.45. The zero-order chi connectivity index (χ0) is 22.3. The van der Waals surface area contributed by atoms with Gasteiger partial charge >= 0.3 is 5.97 Å². The summed E-state index contributed by atoms with van der Waals surface area (Å²) in [6.45, 7) is 2.05. The Hall–Kier alpha value is -3.24. The molecule has 8 nitrogen and oxygen atoms in total. The molecule has 0 spiro atoms. The highest BCUT2D eigenvalue weighted by atomic mass is 32.2. The van der Waals surface area contributed by atoms with Gasteiger partial charge in [-0.1, -0.05) is 23.9 Å². The molecule has 1 aromatic heterocycles. The van der Waals surface area contributed by atoms with Crippen LogP contribution in [0.5, 0.6) is 0 Å². The van der Waals surface area contributed by atoms with Crippen molar-refractivity contribution in [3.8, 4) is 0 Å². The number of fused-ring (bicyclic) bond motifs is 2. The first kappa shape index (κ1) is 21.0. The maximum Gasteiger partial charge on any atom is 0.352 e. The molecule has 0 aliphatic carbocycles. The van der Waals surface area contributed by atoms with Crippen molar-refractivity contribution < 1.29 is 23.1 Å². The van der Waals surface area contributed by atoms with E-state index in [-0.39, 0.29) is 22.2 Å². The molecular formula is C21H19N3O5S2. The highest BCUT2D eigenvalue weighted by molar-refractivity contribution is 7.99. The SMILES string of the molecule is CCn1cc(S(=O)(=O)Nc2ccc3c(c2)N(C)C(=O)c2ccccc2S3)cc1C(=O)O. The quantitative estimate of drug-likeness (QED) is 0.604.